The zero-order valence-electron chi connectivity index (χ0n) is 18.3. The number of sulfonamides is 1. The Hall–Kier alpha value is -3.44. The smallest absolute Gasteiger partial charge is 0.325 e. The second kappa shape index (κ2) is 9.59. The normalized spacial score (nSPS) is 18.2. The van der Waals surface area contributed by atoms with Crippen molar-refractivity contribution in [3.63, 3.8) is 0 Å². The Balaban J connectivity index is 1.82. The molecule has 33 heavy (non-hydrogen) atoms. The van der Waals surface area contributed by atoms with Crippen LogP contribution in [0.4, 0.5) is 10.5 Å². The number of ether oxygens (including phenoxy) is 1. The molecule has 2 aromatic rings. The molecule has 1 fully saturated rings. The van der Waals surface area contributed by atoms with E-state index in [1.807, 2.05) is 13.0 Å². The van der Waals surface area contributed by atoms with Crippen molar-refractivity contribution in [1.82, 2.24) is 10.2 Å². The van der Waals surface area contributed by atoms with E-state index in [-0.39, 0.29) is 16.3 Å². The number of hydrogen-bond donors (Lipinski definition) is 3. The van der Waals surface area contributed by atoms with E-state index in [0.717, 1.165) is 17.4 Å². The van der Waals surface area contributed by atoms with Crippen LogP contribution >= 0.6 is 0 Å². The summed E-state index contributed by atoms with van der Waals surface area (Å²) in [7, 11) is -2.81. The number of nitrogens with two attached hydrogens (primary N) is 1. The first-order valence-electron chi connectivity index (χ1n) is 10.3. The van der Waals surface area contributed by atoms with Gasteiger partial charge in [-0.05, 0) is 30.2 Å². The molecule has 4 N–H and O–H groups in total. The predicted octanol–water partition coefficient (Wildman–Crippen LogP) is 1.92. The third-order valence-electron chi connectivity index (χ3n) is 5.40. The minimum atomic E-state index is -4.10. The van der Waals surface area contributed by atoms with Gasteiger partial charge in [-0.3, -0.25) is 14.5 Å². The van der Waals surface area contributed by atoms with E-state index in [2.05, 4.69) is 10.6 Å². The second-order valence-corrected chi connectivity index (χ2v) is 9.19. The number of rotatable bonds is 9. The first-order valence-corrected chi connectivity index (χ1v) is 11.9. The number of urea groups is 1. The van der Waals surface area contributed by atoms with Crippen LogP contribution in [-0.4, -0.2) is 44.8 Å². The van der Waals surface area contributed by atoms with Crippen LogP contribution in [0.3, 0.4) is 0 Å². The molecule has 176 valence electrons. The van der Waals surface area contributed by atoms with E-state index in [0.29, 0.717) is 18.4 Å². The van der Waals surface area contributed by atoms with Gasteiger partial charge in [0.15, 0.2) is 0 Å². The van der Waals surface area contributed by atoms with Crippen LogP contribution in [0.1, 0.15) is 31.7 Å². The summed E-state index contributed by atoms with van der Waals surface area (Å²) in [5.74, 6) is -1.17. The van der Waals surface area contributed by atoms with E-state index in [1.54, 1.807) is 24.3 Å². The highest BCUT2D eigenvalue weighted by molar-refractivity contribution is 7.89. The Morgan fingerprint density at radius 2 is 1.88 bits per heavy atom. The van der Waals surface area contributed by atoms with Gasteiger partial charge in [0.05, 0.1) is 7.11 Å². The Bertz CT molecular complexity index is 1170. The number of carbonyl (C=O) groups is 3. The SMILES string of the molecule is CCCC[C@@]1(c2ccccc2)NC(=O)N(CC(=O)Nc2ccc(OC)c(S(N)(=O)=O)c2)C1=O. The first-order chi connectivity index (χ1) is 15.6. The highest BCUT2D eigenvalue weighted by Gasteiger charge is 2.52. The van der Waals surface area contributed by atoms with Crippen LogP contribution in [0.15, 0.2) is 53.4 Å². The van der Waals surface area contributed by atoms with Gasteiger partial charge in [-0.25, -0.2) is 18.4 Å². The van der Waals surface area contributed by atoms with E-state index >= 15 is 0 Å². The molecule has 0 saturated carbocycles. The van der Waals surface area contributed by atoms with Gasteiger partial charge < -0.3 is 15.4 Å². The minimum absolute atomic E-state index is 0.0215. The molecule has 0 radical (unpaired) electrons. The molecule has 0 aliphatic carbocycles. The number of imide groups is 1. The van der Waals surface area contributed by atoms with Crippen LogP contribution in [0.25, 0.3) is 0 Å². The lowest BCUT2D eigenvalue weighted by Gasteiger charge is -2.27. The largest absolute Gasteiger partial charge is 0.495 e. The van der Waals surface area contributed by atoms with Crippen molar-refractivity contribution in [2.45, 2.75) is 36.6 Å². The summed E-state index contributed by atoms with van der Waals surface area (Å²) in [5.41, 5.74) is -0.472. The van der Waals surface area contributed by atoms with Crippen LogP contribution < -0.4 is 20.5 Å². The maximum Gasteiger partial charge on any atom is 0.325 e. The lowest BCUT2D eigenvalue weighted by atomic mass is 9.85. The molecule has 0 bridgehead atoms. The Kier molecular flexibility index (Phi) is 7.04. The summed E-state index contributed by atoms with van der Waals surface area (Å²) >= 11 is 0. The lowest BCUT2D eigenvalue weighted by molar-refractivity contribution is -0.134. The number of nitrogens with zero attached hydrogens (tertiary/aromatic N) is 1. The fourth-order valence-corrected chi connectivity index (χ4v) is 4.49. The molecule has 2 aromatic carbocycles. The number of unbranched alkanes of at least 4 members (excludes halogenated alkanes) is 1. The maximum absolute atomic E-state index is 13.4. The quantitative estimate of drug-likeness (QED) is 0.473. The summed E-state index contributed by atoms with van der Waals surface area (Å²) in [6.07, 6.45) is 1.91. The van der Waals surface area contributed by atoms with Crippen molar-refractivity contribution in [2.75, 3.05) is 19.0 Å². The van der Waals surface area contributed by atoms with Gasteiger partial charge in [0.25, 0.3) is 5.91 Å². The summed E-state index contributed by atoms with van der Waals surface area (Å²) < 4.78 is 28.6. The molecule has 0 spiro atoms. The Morgan fingerprint density at radius 1 is 1.18 bits per heavy atom. The van der Waals surface area contributed by atoms with Crippen LogP contribution in [0, 0.1) is 0 Å². The van der Waals surface area contributed by atoms with Gasteiger partial charge in [0, 0.05) is 5.69 Å². The topological polar surface area (TPSA) is 148 Å². The molecule has 1 aliphatic heterocycles. The number of primary sulfonamides is 1. The molecular weight excluding hydrogens is 448 g/mol. The van der Waals surface area contributed by atoms with Crippen molar-refractivity contribution in [2.24, 2.45) is 5.14 Å². The highest BCUT2D eigenvalue weighted by atomic mass is 32.2. The zero-order chi connectivity index (χ0) is 24.2. The number of benzene rings is 2. The number of carbonyl (C=O) groups excluding carboxylic acids is 3. The third-order valence-corrected chi connectivity index (χ3v) is 6.34. The Morgan fingerprint density at radius 3 is 2.48 bits per heavy atom. The van der Waals surface area contributed by atoms with Crippen LogP contribution in [0.2, 0.25) is 0 Å². The monoisotopic (exact) mass is 474 g/mol. The van der Waals surface area contributed by atoms with Crippen LogP contribution in [-0.2, 0) is 25.2 Å². The molecule has 1 saturated heterocycles. The standard InChI is InChI=1S/C22H26N4O6S/c1-3-4-12-22(15-8-6-5-7-9-15)20(28)26(21(29)25-22)14-19(27)24-16-10-11-17(32-2)18(13-16)33(23,30)31/h5-11,13H,3-4,12,14H2,1-2H3,(H,24,27)(H,25,29)(H2,23,30,31)/t22-/m0/s1. The molecule has 4 amide bonds. The summed E-state index contributed by atoms with van der Waals surface area (Å²) in [6.45, 7) is 1.44. The van der Waals surface area contributed by atoms with Crippen molar-refractivity contribution in [3.8, 4) is 5.75 Å². The van der Waals surface area contributed by atoms with Crippen molar-refractivity contribution < 1.29 is 27.5 Å². The fraction of sp³-hybridized carbons (Fsp3) is 0.318. The van der Waals surface area contributed by atoms with Gasteiger partial charge in [0.2, 0.25) is 15.9 Å². The lowest BCUT2D eigenvalue weighted by Crippen LogP contribution is -2.44. The van der Waals surface area contributed by atoms with E-state index < -0.39 is 40.0 Å². The molecule has 0 unspecified atom stereocenters. The highest BCUT2D eigenvalue weighted by Crippen LogP contribution is 2.34. The molecule has 1 heterocycles. The predicted molar refractivity (Wildman–Crippen MR) is 121 cm³/mol. The average Bonchev–Trinajstić information content (AvgIpc) is 3.02. The number of anilines is 1. The first kappa shape index (κ1) is 24.2. The van der Waals surface area contributed by atoms with Crippen molar-refractivity contribution in [3.05, 3.63) is 54.1 Å². The number of amides is 4. The van der Waals surface area contributed by atoms with Crippen LogP contribution in [0.5, 0.6) is 5.75 Å². The van der Waals surface area contributed by atoms with Crippen molar-refractivity contribution in [1.29, 1.82) is 0 Å². The number of hydrogen-bond acceptors (Lipinski definition) is 6. The average molecular weight is 475 g/mol. The summed E-state index contributed by atoms with van der Waals surface area (Å²) in [5, 5.41) is 10.5. The molecule has 11 heteroatoms. The molecule has 1 aliphatic rings. The maximum atomic E-state index is 13.4. The van der Waals surface area contributed by atoms with E-state index in [4.69, 9.17) is 9.88 Å². The number of nitrogens with one attached hydrogen (secondary N) is 2. The Labute approximate surface area is 192 Å². The van der Waals surface area contributed by atoms with Gasteiger partial charge in [-0.15, -0.1) is 0 Å². The minimum Gasteiger partial charge on any atom is -0.495 e. The van der Waals surface area contributed by atoms with Gasteiger partial charge >= 0.3 is 6.03 Å². The third kappa shape index (κ3) is 4.99. The summed E-state index contributed by atoms with van der Waals surface area (Å²) in [4.78, 5) is 39.2. The zero-order valence-corrected chi connectivity index (χ0v) is 19.1. The van der Waals surface area contributed by atoms with E-state index in [1.165, 1.54) is 19.2 Å². The van der Waals surface area contributed by atoms with E-state index in [9.17, 15) is 22.8 Å². The molecular formula is C22H26N4O6S. The molecule has 3 rings (SSSR count). The molecule has 1 atom stereocenters. The van der Waals surface area contributed by atoms with Gasteiger partial charge in [-0.1, -0.05) is 50.1 Å². The summed E-state index contributed by atoms with van der Waals surface area (Å²) in [6, 6.07) is 12.2. The fourth-order valence-electron chi connectivity index (χ4n) is 3.76. The van der Waals surface area contributed by atoms with Gasteiger partial charge in [-0.2, -0.15) is 0 Å². The van der Waals surface area contributed by atoms with Gasteiger partial charge in [0.1, 0.15) is 22.7 Å². The molecule has 0 aromatic heterocycles. The second-order valence-electron chi connectivity index (χ2n) is 7.66. The molecule has 10 nitrogen and oxygen atoms in total. The van der Waals surface area contributed by atoms with Crippen molar-refractivity contribution >= 4 is 33.6 Å². The number of methoxy groups -OCH3 is 1.